The predicted octanol–water partition coefficient (Wildman–Crippen LogP) is 14.8. The van der Waals surface area contributed by atoms with Gasteiger partial charge in [-0.2, -0.15) is 10.5 Å². The molecule has 0 N–H and O–H groups in total. The van der Waals surface area contributed by atoms with Gasteiger partial charge in [0.05, 0.1) is 12.1 Å². The van der Waals surface area contributed by atoms with Crippen molar-refractivity contribution in [3.63, 3.8) is 0 Å². The molecule has 0 saturated heterocycles. The molecule has 3 heteroatoms. The number of ether oxygens (including phenoxy) is 1. The third kappa shape index (κ3) is 15.7. The molecule has 0 aromatic carbocycles. The first kappa shape index (κ1) is 42.7. The fourth-order valence-electron chi connectivity index (χ4n) is 11.8. The van der Waals surface area contributed by atoms with Crippen molar-refractivity contribution in [1.82, 2.24) is 0 Å². The molecule has 4 rings (SSSR count). The van der Waals surface area contributed by atoms with Gasteiger partial charge in [0.25, 0.3) is 0 Å². The Kier molecular flexibility index (Phi) is 21.6. The monoisotopic (exact) mass is 705 g/mol. The van der Waals surface area contributed by atoms with Crippen molar-refractivity contribution >= 4 is 0 Å². The number of nitriles is 2. The van der Waals surface area contributed by atoms with Crippen LogP contribution < -0.4 is 0 Å². The zero-order chi connectivity index (χ0) is 35.9. The van der Waals surface area contributed by atoms with Gasteiger partial charge in [-0.25, -0.2) is 0 Å². The Morgan fingerprint density at radius 3 is 1.08 bits per heavy atom. The standard InChI is InChI=1S/C48H84N2O/c1-3-5-7-9-11-13-15-39-17-25-43(26-18-39)47(45-29-21-41(37-49)22-30-45)33-35-51-36-34-48(46-31-23-42(38-50)24-32-46)44-27-19-40(20-28-44)16-14-12-10-8-6-4-2/h39-48H,3-36H2,1-2H3. The van der Waals surface area contributed by atoms with Crippen molar-refractivity contribution in [3.8, 4) is 12.1 Å². The van der Waals surface area contributed by atoms with Crippen LogP contribution in [-0.4, -0.2) is 13.2 Å². The Morgan fingerprint density at radius 2 is 0.745 bits per heavy atom. The summed E-state index contributed by atoms with van der Waals surface area (Å²) in [7, 11) is 0. The summed E-state index contributed by atoms with van der Waals surface area (Å²) >= 11 is 0. The predicted molar refractivity (Wildman–Crippen MR) is 216 cm³/mol. The third-order valence-corrected chi connectivity index (χ3v) is 15.2. The van der Waals surface area contributed by atoms with E-state index in [4.69, 9.17) is 4.74 Å². The summed E-state index contributed by atoms with van der Waals surface area (Å²) in [6.07, 6.45) is 43.7. The van der Waals surface area contributed by atoms with E-state index in [1.807, 2.05) is 0 Å². The average Bonchev–Trinajstić information content (AvgIpc) is 3.18. The molecule has 0 spiro atoms. The molecule has 4 fully saturated rings. The molecule has 0 aromatic rings. The maximum Gasteiger partial charge on any atom is 0.0655 e. The van der Waals surface area contributed by atoms with E-state index in [2.05, 4.69) is 26.0 Å². The first-order chi connectivity index (χ1) is 25.1. The van der Waals surface area contributed by atoms with E-state index in [0.717, 1.165) is 86.2 Å². The molecular weight excluding hydrogens is 621 g/mol. The highest BCUT2D eigenvalue weighted by atomic mass is 16.5. The van der Waals surface area contributed by atoms with Gasteiger partial charge >= 0.3 is 0 Å². The molecule has 0 radical (unpaired) electrons. The number of hydrogen-bond acceptors (Lipinski definition) is 3. The topological polar surface area (TPSA) is 56.8 Å². The molecule has 0 aromatic heterocycles. The SMILES string of the molecule is CCCCCCCCC1CCC(C(CCOCCC(C2CCC(C#N)CC2)C2CCC(CCCCCCCC)CC2)C2CCC(C#N)CC2)CC1. The number of nitrogens with zero attached hydrogens (tertiary/aromatic N) is 2. The van der Waals surface area contributed by atoms with Crippen LogP contribution in [0.4, 0.5) is 0 Å². The van der Waals surface area contributed by atoms with Crippen LogP contribution in [0.2, 0.25) is 0 Å². The summed E-state index contributed by atoms with van der Waals surface area (Å²) in [4.78, 5) is 0. The lowest BCUT2D eigenvalue weighted by atomic mass is 9.65. The molecule has 3 nitrogen and oxygen atoms in total. The zero-order valence-electron chi connectivity index (χ0n) is 34.1. The molecule has 0 aliphatic heterocycles. The van der Waals surface area contributed by atoms with Gasteiger partial charge in [-0.3, -0.25) is 0 Å². The van der Waals surface area contributed by atoms with Gasteiger partial charge in [0.2, 0.25) is 0 Å². The van der Waals surface area contributed by atoms with E-state index in [-0.39, 0.29) is 0 Å². The third-order valence-electron chi connectivity index (χ3n) is 15.2. The minimum atomic E-state index is 0.303. The Morgan fingerprint density at radius 1 is 0.431 bits per heavy atom. The maximum absolute atomic E-state index is 9.58. The second-order valence-corrected chi connectivity index (χ2v) is 18.7. The highest BCUT2D eigenvalue weighted by molar-refractivity contribution is 4.92. The highest BCUT2D eigenvalue weighted by Crippen LogP contribution is 2.46. The van der Waals surface area contributed by atoms with E-state index in [0.29, 0.717) is 11.8 Å². The Labute approximate surface area is 318 Å². The van der Waals surface area contributed by atoms with Crippen LogP contribution in [0.15, 0.2) is 0 Å². The average molecular weight is 705 g/mol. The maximum atomic E-state index is 9.58. The minimum Gasteiger partial charge on any atom is -0.381 e. The molecule has 292 valence electrons. The summed E-state index contributed by atoms with van der Waals surface area (Å²) in [6.45, 7) is 6.52. The van der Waals surface area contributed by atoms with Crippen molar-refractivity contribution in [3.05, 3.63) is 0 Å². The lowest BCUT2D eigenvalue weighted by molar-refractivity contribution is 0.0396. The van der Waals surface area contributed by atoms with E-state index in [9.17, 15) is 10.5 Å². The Hall–Kier alpha value is -1.06. The fraction of sp³-hybridized carbons (Fsp3) is 0.958. The second kappa shape index (κ2) is 25.9. The molecule has 0 bridgehead atoms. The molecule has 4 saturated carbocycles. The van der Waals surface area contributed by atoms with Gasteiger partial charge in [0.1, 0.15) is 0 Å². The van der Waals surface area contributed by atoms with Crippen LogP contribution >= 0.6 is 0 Å². The van der Waals surface area contributed by atoms with Gasteiger partial charge in [-0.05, 0) is 137 Å². The van der Waals surface area contributed by atoms with E-state index >= 15 is 0 Å². The molecule has 2 unspecified atom stereocenters. The molecule has 2 atom stereocenters. The molecular formula is C48H84N2O. The van der Waals surface area contributed by atoms with Crippen molar-refractivity contribution < 1.29 is 4.74 Å². The van der Waals surface area contributed by atoms with E-state index in [1.54, 1.807) is 0 Å². The minimum absolute atomic E-state index is 0.303. The van der Waals surface area contributed by atoms with E-state index < -0.39 is 0 Å². The van der Waals surface area contributed by atoms with E-state index in [1.165, 1.54) is 180 Å². The zero-order valence-corrected chi connectivity index (χ0v) is 34.1. The smallest absolute Gasteiger partial charge is 0.0655 e. The van der Waals surface area contributed by atoms with Crippen molar-refractivity contribution in [2.24, 2.45) is 59.2 Å². The molecule has 4 aliphatic rings. The number of rotatable bonds is 24. The normalized spacial score (nSPS) is 31.4. The Balaban J connectivity index is 1.22. The first-order valence-corrected chi connectivity index (χ1v) is 23.5. The quantitative estimate of drug-likeness (QED) is 0.0940. The Bertz CT molecular complexity index is 857. The van der Waals surface area contributed by atoms with Gasteiger partial charge in [-0.1, -0.05) is 129 Å². The lowest BCUT2D eigenvalue weighted by Crippen LogP contribution is -2.32. The highest BCUT2D eigenvalue weighted by Gasteiger charge is 2.36. The largest absolute Gasteiger partial charge is 0.381 e. The van der Waals surface area contributed by atoms with Crippen molar-refractivity contribution in [2.45, 2.75) is 219 Å². The summed E-state index contributed by atoms with van der Waals surface area (Å²) in [5.41, 5.74) is 0. The van der Waals surface area contributed by atoms with Crippen LogP contribution in [0.25, 0.3) is 0 Å². The summed E-state index contributed by atoms with van der Waals surface area (Å²) < 4.78 is 6.67. The molecule has 0 heterocycles. The van der Waals surface area contributed by atoms with Crippen molar-refractivity contribution in [1.29, 1.82) is 10.5 Å². The lowest BCUT2D eigenvalue weighted by Gasteiger charge is -2.41. The van der Waals surface area contributed by atoms with Crippen LogP contribution in [0.3, 0.4) is 0 Å². The van der Waals surface area contributed by atoms with Gasteiger partial charge in [0, 0.05) is 25.0 Å². The molecule has 51 heavy (non-hydrogen) atoms. The van der Waals surface area contributed by atoms with Gasteiger partial charge in [0.15, 0.2) is 0 Å². The summed E-state index contributed by atoms with van der Waals surface area (Å²) in [5, 5.41) is 19.2. The summed E-state index contributed by atoms with van der Waals surface area (Å²) in [5.74, 6) is 7.56. The molecule has 0 amide bonds. The molecule has 4 aliphatic carbocycles. The number of unbranched alkanes of at least 4 members (excludes halogenated alkanes) is 10. The summed E-state index contributed by atoms with van der Waals surface area (Å²) in [6, 6.07) is 5.19. The van der Waals surface area contributed by atoms with Gasteiger partial charge < -0.3 is 4.74 Å². The number of hydrogen-bond donors (Lipinski definition) is 0. The first-order valence-electron chi connectivity index (χ1n) is 23.5. The van der Waals surface area contributed by atoms with Crippen molar-refractivity contribution in [2.75, 3.05) is 13.2 Å². The van der Waals surface area contributed by atoms with Crippen LogP contribution in [0, 0.1) is 81.8 Å². The van der Waals surface area contributed by atoms with Crippen LogP contribution in [-0.2, 0) is 4.74 Å². The fourth-order valence-corrected chi connectivity index (χ4v) is 11.8. The van der Waals surface area contributed by atoms with Crippen LogP contribution in [0.1, 0.15) is 219 Å². The van der Waals surface area contributed by atoms with Gasteiger partial charge in [-0.15, -0.1) is 0 Å². The second-order valence-electron chi connectivity index (χ2n) is 18.7. The van der Waals surface area contributed by atoms with Crippen LogP contribution in [0.5, 0.6) is 0 Å².